The zero-order valence-electron chi connectivity index (χ0n) is 22.5. The minimum atomic E-state index is -1.46. The van der Waals surface area contributed by atoms with Crippen molar-refractivity contribution in [1.29, 1.82) is 0 Å². The van der Waals surface area contributed by atoms with Gasteiger partial charge in [0.1, 0.15) is 11.4 Å². The zero-order valence-corrected chi connectivity index (χ0v) is 23.3. The molecule has 8 nitrogen and oxygen atoms in total. The number of esters is 1. The number of fused-ring (bicyclic) bond motifs is 1. The quantitative estimate of drug-likeness (QED) is 0.251. The molecule has 1 atom stereocenters. The summed E-state index contributed by atoms with van der Waals surface area (Å²) in [5.74, 6) is -2.83. The van der Waals surface area contributed by atoms with Crippen molar-refractivity contribution >= 4 is 39.5 Å². The average molecular weight is 570 g/mol. The number of hydrogen-bond acceptors (Lipinski definition) is 6. The van der Waals surface area contributed by atoms with E-state index in [2.05, 4.69) is 15.0 Å². The Morgan fingerprint density at radius 1 is 1.07 bits per heavy atom. The van der Waals surface area contributed by atoms with Crippen molar-refractivity contribution in [2.75, 3.05) is 11.9 Å². The van der Waals surface area contributed by atoms with E-state index in [0.717, 1.165) is 0 Å². The van der Waals surface area contributed by atoms with Crippen LogP contribution in [0.1, 0.15) is 49.3 Å². The van der Waals surface area contributed by atoms with Gasteiger partial charge in [-0.05, 0) is 57.5 Å². The molecule has 2 heterocycles. The number of ether oxygens (including phenoxy) is 1. The molecule has 0 fully saturated rings. The van der Waals surface area contributed by atoms with E-state index in [9.17, 15) is 13.8 Å². The van der Waals surface area contributed by atoms with Gasteiger partial charge in [0.15, 0.2) is 5.82 Å². The Balaban J connectivity index is 1.71. The number of pyridine rings is 1. The smallest absolute Gasteiger partial charge is 0.310 e. The zero-order chi connectivity index (χ0) is 29.0. The van der Waals surface area contributed by atoms with Crippen LogP contribution in [0.4, 0.5) is 14.5 Å². The van der Waals surface area contributed by atoms with Crippen molar-refractivity contribution in [3.63, 3.8) is 0 Å². The molecule has 40 heavy (non-hydrogen) atoms. The van der Waals surface area contributed by atoms with Crippen LogP contribution in [0, 0.1) is 11.6 Å². The van der Waals surface area contributed by atoms with Crippen molar-refractivity contribution in [1.82, 2.24) is 9.71 Å². The molecule has 210 valence electrons. The number of para-hydroxylation sites is 1. The van der Waals surface area contributed by atoms with Gasteiger partial charge in [-0.1, -0.05) is 18.2 Å². The molecule has 0 aliphatic heterocycles. The molecule has 0 aliphatic rings. The molecule has 2 aromatic carbocycles. The standard InChI is InChI=1S/C29H29F2N3O5S/c1-5-38-24(35)14-17-8-6-7-9-22(17)34-28(36)21-15-20(27-19(25(21)30)11-13-39-27)18-10-12-32-23(26(18)31)16-33-40(37)29(2,3)4/h6-13,15,33H,5,14,16H2,1-4H3,(H,34,36). The Bertz CT molecular complexity index is 1600. The van der Waals surface area contributed by atoms with Gasteiger partial charge in [-0.25, -0.2) is 17.7 Å². The summed E-state index contributed by atoms with van der Waals surface area (Å²) in [6.07, 6.45) is 2.54. The highest BCUT2D eigenvalue weighted by Gasteiger charge is 2.25. The van der Waals surface area contributed by atoms with Crippen LogP contribution in [0.5, 0.6) is 0 Å². The van der Waals surface area contributed by atoms with Crippen LogP contribution in [0.2, 0.25) is 0 Å². The molecule has 2 aromatic heterocycles. The Hall–Kier alpha value is -3.96. The van der Waals surface area contributed by atoms with Crippen molar-refractivity contribution in [2.24, 2.45) is 0 Å². The second-order valence-electron chi connectivity index (χ2n) is 9.86. The number of aromatic nitrogens is 1. The second kappa shape index (κ2) is 12.1. The fourth-order valence-electron chi connectivity index (χ4n) is 4.00. The van der Waals surface area contributed by atoms with Crippen LogP contribution in [-0.4, -0.2) is 32.4 Å². The van der Waals surface area contributed by atoms with Crippen LogP contribution < -0.4 is 10.0 Å². The highest BCUT2D eigenvalue weighted by molar-refractivity contribution is 7.84. The van der Waals surface area contributed by atoms with E-state index in [1.165, 1.54) is 30.7 Å². The number of halogens is 2. The molecule has 4 aromatic rings. The van der Waals surface area contributed by atoms with E-state index in [-0.39, 0.29) is 52.9 Å². The molecule has 0 saturated heterocycles. The number of rotatable bonds is 9. The number of nitrogens with one attached hydrogen (secondary N) is 2. The summed E-state index contributed by atoms with van der Waals surface area (Å²) < 4.78 is 56.3. The molecule has 0 aliphatic carbocycles. The van der Waals surface area contributed by atoms with Gasteiger partial charge in [0, 0.05) is 23.0 Å². The summed E-state index contributed by atoms with van der Waals surface area (Å²) in [4.78, 5) is 29.4. The summed E-state index contributed by atoms with van der Waals surface area (Å²) in [7, 11) is -1.46. The third-order valence-corrected chi connectivity index (χ3v) is 7.52. The predicted molar refractivity (Wildman–Crippen MR) is 149 cm³/mol. The topological polar surface area (TPSA) is 111 Å². The van der Waals surface area contributed by atoms with Crippen LogP contribution in [-0.2, 0) is 33.5 Å². The molecule has 0 spiro atoms. The van der Waals surface area contributed by atoms with Gasteiger partial charge < -0.3 is 14.5 Å². The van der Waals surface area contributed by atoms with Gasteiger partial charge in [-0.15, -0.1) is 0 Å². The van der Waals surface area contributed by atoms with E-state index >= 15 is 8.78 Å². The molecular formula is C29H29F2N3O5S. The number of anilines is 1. The third kappa shape index (κ3) is 6.26. The highest BCUT2D eigenvalue weighted by Crippen LogP contribution is 2.35. The van der Waals surface area contributed by atoms with E-state index in [4.69, 9.17) is 9.15 Å². The van der Waals surface area contributed by atoms with Gasteiger partial charge >= 0.3 is 5.97 Å². The summed E-state index contributed by atoms with van der Waals surface area (Å²) in [5.41, 5.74) is 0.680. The van der Waals surface area contributed by atoms with Crippen molar-refractivity contribution in [3.8, 4) is 11.1 Å². The first-order valence-corrected chi connectivity index (χ1v) is 13.7. The monoisotopic (exact) mass is 569 g/mol. The Labute approximate surface area is 232 Å². The normalized spacial score (nSPS) is 12.3. The predicted octanol–water partition coefficient (Wildman–Crippen LogP) is 5.68. The molecule has 2 N–H and O–H groups in total. The van der Waals surface area contributed by atoms with E-state index in [1.54, 1.807) is 52.0 Å². The maximum Gasteiger partial charge on any atom is 0.310 e. The third-order valence-electron chi connectivity index (χ3n) is 6.00. The molecule has 4 rings (SSSR count). The lowest BCUT2D eigenvalue weighted by molar-refractivity contribution is -0.142. The minimum absolute atomic E-state index is 0.00183. The number of carbonyl (C=O) groups excluding carboxylic acids is 2. The van der Waals surface area contributed by atoms with E-state index < -0.39 is 39.2 Å². The van der Waals surface area contributed by atoms with Gasteiger partial charge in [-0.2, -0.15) is 0 Å². The van der Waals surface area contributed by atoms with Crippen molar-refractivity contribution in [2.45, 2.75) is 45.4 Å². The fraction of sp³-hybridized carbons (Fsp3) is 0.276. The molecule has 0 saturated carbocycles. The lowest BCUT2D eigenvalue weighted by Gasteiger charge is -2.18. The number of furan rings is 1. The first kappa shape index (κ1) is 29.0. The maximum atomic E-state index is 15.7. The first-order chi connectivity index (χ1) is 19.0. The molecule has 1 amide bonds. The number of benzene rings is 2. The van der Waals surface area contributed by atoms with Gasteiger partial charge in [0.05, 0.1) is 58.2 Å². The summed E-state index contributed by atoms with van der Waals surface area (Å²) in [6, 6.07) is 10.6. The highest BCUT2D eigenvalue weighted by atomic mass is 32.2. The summed E-state index contributed by atoms with van der Waals surface area (Å²) >= 11 is 0. The number of carbonyl (C=O) groups is 2. The molecule has 0 bridgehead atoms. The molecule has 1 unspecified atom stereocenters. The molecule has 0 radical (unpaired) electrons. The summed E-state index contributed by atoms with van der Waals surface area (Å²) in [6.45, 7) is 7.13. The Morgan fingerprint density at radius 2 is 1.82 bits per heavy atom. The Morgan fingerprint density at radius 3 is 2.55 bits per heavy atom. The van der Waals surface area contributed by atoms with Gasteiger partial charge in [-0.3, -0.25) is 14.6 Å². The number of nitrogens with zero attached hydrogens (tertiary/aromatic N) is 1. The van der Waals surface area contributed by atoms with Gasteiger partial charge in [0.25, 0.3) is 5.91 Å². The van der Waals surface area contributed by atoms with E-state index in [1.807, 2.05) is 0 Å². The van der Waals surface area contributed by atoms with Crippen molar-refractivity contribution in [3.05, 3.63) is 83.4 Å². The van der Waals surface area contributed by atoms with Crippen LogP contribution in [0.3, 0.4) is 0 Å². The van der Waals surface area contributed by atoms with Crippen molar-refractivity contribution < 1.29 is 31.7 Å². The largest absolute Gasteiger partial charge is 0.466 e. The lowest BCUT2D eigenvalue weighted by Crippen LogP contribution is -2.33. The minimum Gasteiger partial charge on any atom is -0.466 e. The SMILES string of the molecule is CCOC(=O)Cc1ccccc1NC(=O)c1cc(-c2ccnc(CNS(=O)C(C)(C)C)c2F)c2occc2c1F. The van der Waals surface area contributed by atoms with E-state index in [0.29, 0.717) is 11.3 Å². The van der Waals surface area contributed by atoms with Crippen LogP contribution >= 0.6 is 0 Å². The number of amides is 1. The molecular weight excluding hydrogens is 540 g/mol. The second-order valence-corrected chi connectivity index (χ2v) is 11.9. The Kier molecular flexibility index (Phi) is 8.75. The molecule has 11 heteroatoms. The van der Waals surface area contributed by atoms with Gasteiger partial charge in [0.2, 0.25) is 0 Å². The lowest BCUT2D eigenvalue weighted by atomic mass is 9.98. The summed E-state index contributed by atoms with van der Waals surface area (Å²) in [5, 5.41) is 2.65. The maximum absolute atomic E-state index is 15.7. The first-order valence-electron chi connectivity index (χ1n) is 12.5. The van der Waals surface area contributed by atoms with Crippen LogP contribution in [0.15, 0.2) is 59.3 Å². The van der Waals surface area contributed by atoms with Crippen LogP contribution in [0.25, 0.3) is 22.1 Å². The fourth-order valence-corrected chi connectivity index (χ4v) is 4.70. The number of hydrogen-bond donors (Lipinski definition) is 2. The average Bonchev–Trinajstić information content (AvgIpc) is 3.40.